The van der Waals surface area contributed by atoms with Gasteiger partial charge >= 0.3 is 6.03 Å². The number of aromatic nitrogens is 1. The molecule has 2 N–H and O–H groups in total. The number of aryl methyl sites for hydroxylation is 2. The Morgan fingerprint density at radius 3 is 2.40 bits per heavy atom. The maximum Gasteiger partial charge on any atom is 0.333 e. The van der Waals surface area contributed by atoms with Crippen LogP contribution < -0.4 is 10.0 Å². The van der Waals surface area contributed by atoms with E-state index in [2.05, 4.69) is 21.1 Å². The fraction of sp³-hybridized carbons (Fsp3) is 0.417. The summed E-state index contributed by atoms with van der Waals surface area (Å²) in [5.41, 5.74) is 5.44. The quantitative estimate of drug-likeness (QED) is 0.608. The van der Waals surface area contributed by atoms with E-state index in [9.17, 15) is 21.6 Å². The van der Waals surface area contributed by atoms with E-state index in [0.717, 1.165) is 60.7 Å². The van der Waals surface area contributed by atoms with E-state index in [4.69, 9.17) is 0 Å². The van der Waals surface area contributed by atoms with Gasteiger partial charge in [-0.3, -0.25) is 4.98 Å². The Bertz CT molecular complexity index is 1360. The first kappa shape index (κ1) is 24.0. The molecule has 2 aromatic rings. The second kappa shape index (κ2) is 9.36. The maximum absolute atomic E-state index is 13.0. The average Bonchev–Trinajstić information content (AvgIpc) is 3.58. The largest absolute Gasteiger partial charge is 0.333 e. The molecular formula is C24H28N4O5S2. The highest BCUT2D eigenvalue weighted by Crippen LogP contribution is 2.38. The van der Waals surface area contributed by atoms with Crippen LogP contribution in [0.4, 0.5) is 10.5 Å². The van der Waals surface area contributed by atoms with Crippen LogP contribution in [-0.2, 0) is 45.7 Å². The van der Waals surface area contributed by atoms with Gasteiger partial charge in [-0.2, -0.15) is 4.31 Å². The van der Waals surface area contributed by atoms with Crippen molar-refractivity contribution in [2.45, 2.75) is 62.3 Å². The molecule has 9 nitrogen and oxygen atoms in total. The van der Waals surface area contributed by atoms with Gasteiger partial charge in [0, 0.05) is 36.1 Å². The third-order valence-electron chi connectivity index (χ3n) is 6.92. The molecule has 35 heavy (non-hydrogen) atoms. The number of carbonyl (C=O) groups excluding carboxylic acids is 1. The molecule has 0 spiro atoms. The number of pyridine rings is 1. The first-order valence-corrected chi connectivity index (χ1v) is 14.8. The van der Waals surface area contributed by atoms with Crippen molar-refractivity contribution in [2.75, 3.05) is 11.9 Å². The summed E-state index contributed by atoms with van der Waals surface area (Å²) >= 11 is 0. The number of urea groups is 1. The van der Waals surface area contributed by atoms with Crippen molar-refractivity contribution in [1.29, 1.82) is 0 Å². The zero-order valence-corrected chi connectivity index (χ0v) is 20.9. The molecule has 5 rings (SSSR count). The van der Waals surface area contributed by atoms with Gasteiger partial charge in [0.1, 0.15) is 4.90 Å². The second-order valence-corrected chi connectivity index (χ2v) is 12.6. The van der Waals surface area contributed by atoms with Crippen LogP contribution in [-0.4, -0.2) is 44.7 Å². The molecule has 1 aromatic carbocycles. The van der Waals surface area contributed by atoms with E-state index < -0.39 is 32.1 Å². The summed E-state index contributed by atoms with van der Waals surface area (Å²) in [6.45, 7) is 0.282. The lowest BCUT2D eigenvalue weighted by Gasteiger charge is -2.21. The Labute approximate surface area is 205 Å². The molecule has 1 unspecified atom stereocenters. The number of nitrogens with one attached hydrogen (secondary N) is 2. The van der Waals surface area contributed by atoms with Crippen LogP contribution in [0.5, 0.6) is 0 Å². The molecule has 1 fully saturated rings. The molecular weight excluding hydrogens is 488 g/mol. The predicted molar refractivity (Wildman–Crippen MR) is 132 cm³/mol. The minimum Gasteiger partial charge on any atom is -0.307 e. The molecule has 11 heteroatoms. The summed E-state index contributed by atoms with van der Waals surface area (Å²) in [5.74, 6) is 0. The normalized spacial score (nSPS) is 20.2. The number of hydrogen-bond donors (Lipinski definition) is 2. The molecule has 0 bridgehead atoms. The summed E-state index contributed by atoms with van der Waals surface area (Å²) < 4.78 is 54.5. The smallest absolute Gasteiger partial charge is 0.307 e. The van der Waals surface area contributed by atoms with E-state index in [1.54, 1.807) is 0 Å². The Morgan fingerprint density at radius 2 is 1.74 bits per heavy atom. The number of hydrogen-bond acceptors (Lipinski definition) is 6. The lowest BCUT2D eigenvalue weighted by molar-refractivity contribution is 0.256. The molecule has 1 aliphatic heterocycles. The maximum atomic E-state index is 13.0. The number of carbonyl (C=O) groups is 1. The minimum atomic E-state index is -4.13. The summed E-state index contributed by atoms with van der Waals surface area (Å²) in [6, 6.07) is 3.80. The van der Waals surface area contributed by atoms with Crippen LogP contribution in [0.15, 0.2) is 47.0 Å². The summed E-state index contributed by atoms with van der Waals surface area (Å²) in [5, 5.41) is 3.69. The number of anilines is 1. The van der Waals surface area contributed by atoms with Crippen molar-refractivity contribution in [3.05, 3.63) is 64.3 Å². The van der Waals surface area contributed by atoms with Crippen LogP contribution in [0.2, 0.25) is 0 Å². The molecule has 3 aliphatic rings. The molecule has 1 saturated heterocycles. The molecule has 2 amide bonds. The fourth-order valence-corrected chi connectivity index (χ4v) is 7.74. The van der Waals surface area contributed by atoms with Crippen molar-refractivity contribution in [3.63, 3.8) is 0 Å². The number of amides is 2. The van der Waals surface area contributed by atoms with Crippen LogP contribution in [0.1, 0.15) is 47.9 Å². The van der Waals surface area contributed by atoms with Crippen molar-refractivity contribution >= 4 is 31.8 Å². The van der Waals surface area contributed by atoms with E-state index in [1.807, 2.05) is 0 Å². The number of nitrogens with zero attached hydrogens (tertiary/aromatic N) is 2. The fourth-order valence-electron chi connectivity index (χ4n) is 5.36. The highest BCUT2D eigenvalue weighted by Gasteiger charge is 2.34. The van der Waals surface area contributed by atoms with Gasteiger partial charge in [-0.05, 0) is 85.8 Å². The number of benzene rings is 1. The van der Waals surface area contributed by atoms with Crippen LogP contribution >= 0.6 is 0 Å². The van der Waals surface area contributed by atoms with E-state index in [-0.39, 0.29) is 11.4 Å². The van der Waals surface area contributed by atoms with Gasteiger partial charge in [0.25, 0.3) is 10.0 Å². The third kappa shape index (κ3) is 4.85. The van der Waals surface area contributed by atoms with Gasteiger partial charge in [-0.15, -0.1) is 0 Å². The molecule has 186 valence electrons. The van der Waals surface area contributed by atoms with Crippen molar-refractivity contribution in [2.24, 2.45) is 0 Å². The summed E-state index contributed by atoms with van der Waals surface area (Å²) in [6.07, 6.45) is 10.9. The molecule has 1 atom stereocenters. The molecule has 1 aromatic heterocycles. The molecule has 2 aliphatic carbocycles. The predicted octanol–water partition coefficient (Wildman–Crippen LogP) is 2.88. The van der Waals surface area contributed by atoms with Crippen molar-refractivity contribution in [1.82, 2.24) is 14.0 Å². The van der Waals surface area contributed by atoms with Crippen molar-refractivity contribution < 1.29 is 21.6 Å². The Kier molecular flexibility index (Phi) is 6.41. The molecule has 0 saturated carbocycles. The molecule has 2 heterocycles. The zero-order valence-electron chi connectivity index (χ0n) is 19.2. The summed E-state index contributed by atoms with van der Waals surface area (Å²) in [4.78, 5) is 16.6. The molecule has 0 radical (unpaired) electrons. The Morgan fingerprint density at radius 1 is 1.03 bits per heavy atom. The lowest BCUT2D eigenvalue weighted by Crippen LogP contribution is -2.36. The van der Waals surface area contributed by atoms with E-state index in [0.29, 0.717) is 12.8 Å². The van der Waals surface area contributed by atoms with Gasteiger partial charge in [0.2, 0.25) is 10.0 Å². The monoisotopic (exact) mass is 516 g/mol. The van der Waals surface area contributed by atoms with Gasteiger partial charge in [-0.1, -0.05) is 12.1 Å². The average molecular weight is 517 g/mol. The van der Waals surface area contributed by atoms with E-state index >= 15 is 0 Å². The second-order valence-electron chi connectivity index (χ2n) is 9.18. The van der Waals surface area contributed by atoms with Gasteiger partial charge < -0.3 is 5.32 Å². The number of sulfonamides is 2. The lowest BCUT2D eigenvalue weighted by atomic mass is 9.99. The third-order valence-corrected chi connectivity index (χ3v) is 9.81. The van der Waals surface area contributed by atoms with Gasteiger partial charge in [-0.25, -0.2) is 26.4 Å². The highest BCUT2D eigenvalue weighted by molar-refractivity contribution is 7.93. The summed E-state index contributed by atoms with van der Waals surface area (Å²) in [7, 11) is -7.93. The SMILES string of the molecule is O=C(Nc1c2c(cc3c1CCC3)CCC2)NS(=O)(=O)/C=C/C1CCCN1S(=O)(=O)c1cccnc1. The first-order valence-electron chi connectivity index (χ1n) is 11.8. The Hall–Kier alpha value is -2.76. The first-order chi connectivity index (χ1) is 16.7. The number of fused-ring (bicyclic) bond motifs is 2. The zero-order chi connectivity index (χ0) is 24.6. The highest BCUT2D eigenvalue weighted by atomic mass is 32.2. The van der Waals surface area contributed by atoms with Gasteiger partial charge in [0.05, 0.1) is 0 Å². The Balaban J connectivity index is 1.29. The standard InChI is InChI=1S/C24H28N4O5S2/c29-24(26-23-21-9-1-5-17(21)15-18-6-2-10-22(18)23)27-34(30,31)14-11-19-7-4-13-28(19)35(32,33)20-8-3-12-25-16-20/h3,8,11-12,14-16,19H,1-2,4-7,9-10,13H2,(H2,26,27,29)/b14-11+. The van der Waals surface area contributed by atoms with Gasteiger partial charge in [0.15, 0.2) is 0 Å². The van der Waals surface area contributed by atoms with E-state index in [1.165, 1.54) is 46.0 Å². The van der Waals surface area contributed by atoms with Crippen LogP contribution in [0.3, 0.4) is 0 Å². The van der Waals surface area contributed by atoms with Crippen molar-refractivity contribution in [3.8, 4) is 0 Å². The minimum absolute atomic E-state index is 0.0589. The van der Waals surface area contributed by atoms with Crippen LogP contribution in [0.25, 0.3) is 0 Å². The topological polar surface area (TPSA) is 126 Å². The number of rotatable bonds is 6. The van der Waals surface area contributed by atoms with Crippen LogP contribution in [0, 0.1) is 0 Å².